The molecule has 0 amide bonds. The molecule has 0 aromatic rings. The number of ether oxygens (including phenoxy) is 1. The molecular weight excluding hydrogens is 178 g/mol. The second-order valence-electron chi connectivity index (χ2n) is 2.63. The molecule has 0 radical (unpaired) electrons. The van der Waals surface area contributed by atoms with E-state index < -0.39 is 10.0 Å². The van der Waals surface area contributed by atoms with Crippen LogP contribution in [0.25, 0.3) is 0 Å². The van der Waals surface area contributed by atoms with E-state index in [1.54, 1.807) is 0 Å². The fourth-order valence-electron chi connectivity index (χ4n) is 0.678. The summed E-state index contributed by atoms with van der Waals surface area (Å²) in [6, 6.07) is 0. The van der Waals surface area contributed by atoms with Gasteiger partial charge in [0.2, 0.25) is 10.0 Å². The Hall–Kier alpha value is -0.130. The minimum Gasteiger partial charge on any atom is -0.381 e. The summed E-state index contributed by atoms with van der Waals surface area (Å²) in [4.78, 5) is 0. The van der Waals surface area contributed by atoms with Gasteiger partial charge in [0.15, 0.2) is 0 Å². The molecule has 12 heavy (non-hydrogen) atoms. The zero-order chi connectivity index (χ0) is 9.45. The Morgan fingerprint density at radius 2 is 2.00 bits per heavy atom. The van der Waals surface area contributed by atoms with Crippen LogP contribution in [0.15, 0.2) is 0 Å². The summed E-state index contributed by atoms with van der Waals surface area (Å²) in [5.74, 6) is 0. The van der Waals surface area contributed by atoms with Gasteiger partial charge in [0.25, 0.3) is 0 Å². The van der Waals surface area contributed by atoms with Crippen molar-refractivity contribution in [2.45, 2.75) is 19.8 Å². The van der Waals surface area contributed by atoms with Crippen LogP contribution < -0.4 is 4.72 Å². The lowest BCUT2D eigenvalue weighted by atomic mass is 10.4. The first kappa shape index (κ1) is 11.9. The lowest BCUT2D eigenvalue weighted by Crippen LogP contribution is -2.23. The molecule has 0 aliphatic carbocycles. The zero-order valence-electron chi connectivity index (χ0n) is 7.67. The Kier molecular flexibility index (Phi) is 6.32. The predicted molar refractivity (Wildman–Crippen MR) is 48.6 cm³/mol. The lowest BCUT2D eigenvalue weighted by molar-refractivity contribution is 0.133. The average molecular weight is 195 g/mol. The molecule has 0 atom stereocenters. The maximum Gasteiger partial charge on any atom is 0.208 e. The standard InChI is InChI=1S/C7H17NO3S/c1-3-6-11-7-4-5-8-12(2,9)10/h8H,3-7H2,1-2H3. The van der Waals surface area contributed by atoms with Crippen LogP contribution in [-0.4, -0.2) is 34.4 Å². The number of hydrogen-bond acceptors (Lipinski definition) is 3. The molecule has 0 spiro atoms. The molecule has 0 heterocycles. The third-order valence-electron chi connectivity index (χ3n) is 1.18. The number of hydrogen-bond donors (Lipinski definition) is 1. The van der Waals surface area contributed by atoms with Gasteiger partial charge in [0.1, 0.15) is 0 Å². The minimum atomic E-state index is -3.02. The minimum absolute atomic E-state index is 0.461. The van der Waals surface area contributed by atoms with Gasteiger partial charge in [-0.3, -0.25) is 0 Å². The van der Waals surface area contributed by atoms with Gasteiger partial charge in [0, 0.05) is 19.8 Å². The van der Waals surface area contributed by atoms with E-state index in [9.17, 15) is 8.42 Å². The zero-order valence-corrected chi connectivity index (χ0v) is 8.49. The summed E-state index contributed by atoms with van der Waals surface area (Å²) < 4.78 is 28.7. The van der Waals surface area contributed by atoms with Crippen molar-refractivity contribution in [3.63, 3.8) is 0 Å². The molecule has 0 fully saturated rings. The van der Waals surface area contributed by atoms with Crippen LogP contribution in [0.4, 0.5) is 0 Å². The van der Waals surface area contributed by atoms with Gasteiger partial charge in [-0.1, -0.05) is 6.92 Å². The van der Waals surface area contributed by atoms with E-state index in [1.165, 1.54) is 0 Å². The van der Waals surface area contributed by atoms with Crippen LogP contribution >= 0.6 is 0 Å². The third-order valence-corrected chi connectivity index (χ3v) is 1.91. The first-order valence-corrected chi connectivity index (χ1v) is 5.98. The highest BCUT2D eigenvalue weighted by Gasteiger charge is 1.97. The summed E-state index contributed by atoms with van der Waals surface area (Å²) in [7, 11) is -3.02. The van der Waals surface area contributed by atoms with Crippen molar-refractivity contribution in [3.05, 3.63) is 0 Å². The van der Waals surface area contributed by atoms with E-state index in [0.717, 1.165) is 25.7 Å². The summed E-state index contributed by atoms with van der Waals surface area (Å²) in [5.41, 5.74) is 0. The topological polar surface area (TPSA) is 55.4 Å². The van der Waals surface area contributed by atoms with Gasteiger partial charge in [-0.25, -0.2) is 13.1 Å². The molecule has 0 unspecified atom stereocenters. The maximum absolute atomic E-state index is 10.6. The predicted octanol–water partition coefficient (Wildman–Crippen LogP) is 0.352. The highest BCUT2D eigenvalue weighted by molar-refractivity contribution is 7.88. The SMILES string of the molecule is CCCOCCCNS(C)(=O)=O. The van der Waals surface area contributed by atoms with E-state index in [1.807, 2.05) is 6.92 Å². The number of nitrogens with one attached hydrogen (secondary N) is 1. The third kappa shape index (κ3) is 9.87. The van der Waals surface area contributed by atoms with Gasteiger partial charge in [0.05, 0.1) is 6.26 Å². The molecule has 0 aliphatic rings. The summed E-state index contributed by atoms with van der Waals surface area (Å²) in [6.45, 7) is 3.87. The smallest absolute Gasteiger partial charge is 0.208 e. The van der Waals surface area contributed by atoms with Gasteiger partial charge in [-0.05, 0) is 12.8 Å². The van der Waals surface area contributed by atoms with Crippen LogP contribution in [-0.2, 0) is 14.8 Å². The van der Waals surface area contributed by atoms with Crippen molar-refractivity contribution < 1.29 is 13.2 Å². The Morgan fingerprint density at radius 3 is 2.50 bits per heavy atom. The van der Waals surface area contributed by atoms with E-state index in [-0.39, 0.29) is 0 Å². The summed E-state index contributed by atoms with van der Waals surface area (Å²) in [6.07, 6.45) is 2.88. The van der Waals surface area contributed by atoms with Crippen molar-refractivity contribution in [1.82, 2.24) is 4.72 Å². The first-order chi connectivity index (χ1) is 5.56. The van der Waals surface area contributed by atoms with Crippen molar-refractivity contribution in [3.8, 4) is 0 Å². The average Bonchev–Trinajstić information content (AvgIpc) is 1.94. The quantitative estimate of drug-likeness (QED) is 0.596. The Balaban J connectivity index is 3.12. The van der Waals surface area contributed by atoms with Crippen LogP contribution in [0.2, 0.25) is 0 Å². The van der Waals surface area contributed by atoms with Gasteiger partial charge in [-0.2, -0.15) is 0 Å². The monoisotopic (exact) mass is 195 g/mol. The Bertz CT molecular complexity index is 189. The van der Waals surface area contributed by atoms with E-state index in [2.05, 4.69) is 4.72 Å². The maximum atomic E-state index is 10.6. The number of rotatable bonds is 7. The fraction of sp³-hybridized carbons (Fsp3) is 1.00. The van der Waals surface area contributed by atoms with Crippen molar-refractivity contribution >= 4 is 10.0 Å². The molecule has 0 aromatic carbocycles. The summed E-state index contributed by atoms with van der Waals surface area (Å²) in [5, 5.41) is 0. The van der Waals surface area contributed by atoms with Gasteiger partial charge < -0.3 is 4.74 Å². The lowest BCUT2D eigenvalue weighted by Gasteiger charge is -2.02. The van der Waals surface area contributed by atoms with Crippen LogP contribution in [0.3, 0.4) is 0 Å². The van der Waals surface area contributed by atoms with E-state index in [0.29, 0.717) is 13.2 Å². The van der Waals surface area contributed by atoms with Crippen molar-refractivity contribution in [1.29, 1.82) is 0 Å². The van der Waals surface area contributed by atoms with E-state index in [4.69, 9.17) is 4.74 Å². The normalized spacial score (nSPS) is 11.8. The van der Waals surface area contributed by atoms with Crippen LogP contribution in [0, 0.1) is 0 Å². The molecule has 4 nitrogen and oxygen atoms in total. The highest BCUT2D eigenvalue weighted by atomic mass is 32.2. The second kappa shape index (κ2) is 6.39. The van der Waals surface area contributed by atoms with Gasteiger partial charge >= 0.3 is 0 Å². The van der Waals surface area contributed by atoms with Crippen molar-refractivity contribution in [2.75, 3.05) is 26.0 Å². The van der Waals surface area contributed by atoms with E-state index >= 15 is 0 Å². The highest BCUT2D eigenvalue weighted by Crippen LogP contribution is 1.84. The molecule has 0 rings (SSSR count). The van der Waals surface area contributed by atoms with Crippen molar-refractivity contribution in [2.24, 2.45) is 0 Å². The largest absolute Gasteiger partial charge is 0.381 e. The molecule has 0 bridgehead atoms. The summed E-state index contributed by atoms with van der Waals surface area (Å²) >= 11 is 0. The molecule has 0 saturated heterocycles. The van der Waals surface area contributed by atoms with Crippen LogP contribution in [0.1, 0.15) is 19.8 Å². The molecule has 74 valence electrons. The first-order valence-electron chi connectivity index (χ1n) is 4.08. The molecule has 0 saturated carbocycles. The van der Waals surface area contributed by atoms with Crippen LogP contribution in [0.5, 0.6) is 0 Å². The molecular formula is C7H17NO3S. The molecule has 0 aliphatic heterocycles. The Labute approximate surface area is 74.4 Å². The second-order valence-corrected chi connectivity index (χ2v) is 4.47. The molecule has 0 aromatic heterocycles. The Morgan fingerprint density at radius 1 is 1.33 bits per heavy atom. The number of sulfonamides is 1. The van der Waals surface area contributed by atoms with Gasteiger partial charge in [-0.15, -0.1) is 0 Å². The molecule has 1 N–H and O–H groups in total. The molecule has 5 heteroatoms. The fourth-order valence-corrected chi connectivity index (χ4v) is 1.19.